The van der Waals surface area contributed by atoms with Gasteiger partial charge in [0.25, 0.3) is 0 Å². The number of rotatable bonds is 8. The first-order valence-corrected chi connectivity index (χ1v) is 9.46. The normalized spacial score (nSPS) is 20.5. The van der Waals surface area contributed by atoms with E-state index in [9.17, 15) is 9.59 Å². The summed E-state index contributed by atoms with van der Waals surface area (Å²) < 4.78 is 0. The van der Waals surface area contributed by atoms with Gasteiger partial charge in [0.05, 0.1) is 12.1 Å². The molecule has 2 saturated carbocycles. The molecular formula is C19H30N2O2. The zero-order valence-electron chi connectivity index (χ0n) is 14.3. The minimum atomic E-state index is -0.201. The molecule has 0 aromatic heterocycles. The Hall–Kier alpha value is -1.24. The second-order valence-corrected chi connectivity index (χ2v) is 7.29. The van der Waals surface area contributed by atoms with Crippen LogP contribution in [-0.2, 0) is 9.59 Å². The lowest BCUT2D eigenvalue weighted by Gasteiger charge is -2.46. The van der Waals surface area contributed by atoms with Gasteiger partial charge in [-0.1, -0.05) is 38.5 Å². The molecule has 4 heteroatoms. The number of carbonyl (C=O) groups excluding carboxylic acids is 2. The minimum absolute atomic E-state index is 0.201. The largest absolute Gasteiger partial charge is 0.235 e. The van der Waals surface area contributed by atoms with Crippen LogP contribution in [0.1, 0.15) is 83.5 Å². The topological polar surface area (TPSA) is 58.9 Å². The number of hydrogen-bond acceptors (Lipinski definition) is 4. The van der Waals surface area contributed by atoms with Crippen molar-refractivity contribution in [2.24, 2.45) is 21.8 Å². The van der Waals surface area contributed by atoms with E-state index in [-0.39, 0.29) is 5.54 Å². The van der Waals surface area contributed by atoms with Crippen molar-refractivity contribution in [2.45, 2.75) is 89.0 Å². The molecule has 2 aliphatic rings. The number of nitrogens with zero attached hydrogens (tertiary/aromatic N) is 2. The van der Waals surface area contributed by atoms with Crippen LogP contribution in [0.25, 0.3) is 0 Å². The molecule has 2 rings (SSSR count). The predicted octanol–water partition coefficient (Wildman–Crippen LogP) is 4.73. The number of aliphatic imine (C=N–C) groups is 2. The van der Waals surface area contributed by atoms with E-state index in [1.54, 1.807) is 6.08 Å². The van der Waals surface area contributed by atoms with Gasteiger partial charge in [0, 0.05) is 0 Å². The highest BCUT2D eigenvalue weighted by atomic mass is 16.1. The highest BCUT2D eigenvalue weighted by Gasteiger charge is 2.45. The molecule has 0 aromatic rings. The van der Waals surface area contributed by atoms with Crippen molar-refractivity contribution in [1.29, 1.82) is 0 Å². The molecule has 2 aliphatic carbocycles. The summed E-state index contributed by atoms with van der Waals surface area (Å²) in [5, 5.41) is 0. The zero-order chi connectivity index (χ0) is 16.4. The van der Waals surface area contributed by atoms with Crippen molar-refractivity contribution in [1.82, 2.24) is 0 Å². The van der Waals surface area contributed by atoms with Crippen molar-refractivity contribution >= 4 is 12.2 Å². The maximum Gasteiger partial charge on any atom is 0.235 e. The summed E-state index contributed by atoms with van der Waals surface area (Å²) in [6.07, 6.45) is 18.9. The van der Waals surface area contributed by atoms with E-state index in [1.807, 2.05) is 6.08 Å². The molecule has 0 aromatic carbocycles. The lowest BCUT2D eigenvalue weighted by atomic mass is 9.62. The summed E-state index contributed by atoms with van der Waals surface area (Å²) in [5.41, 5.74) is -0.201. The molecule has 0 radical (unpaired) electrons. The molecule has 0 spiro atoms. The Morgan fingerprint density at radius 1 is 0.783 bits per heavy atom. The van der Waals surface area contributed by atoms with E-state index >= 15 is 0 Å². The fourth-order valence-electron chi connectivity index (χ4n) is 4.91. The summed E-state index contributed by atoms with van der Waals surface area (Å²) in [6.45, 7) is 0.541. The Bertz CT molecular complexity index is 420. The molecule has 4 nitrogen and oxygen atoms in total. The van der Waals surface area contributed by atoms with Crippen LogP contribution < -0.4 is 0 Å². The third-order valence-corrected chi connectivity index (χ3v) is 6.04. The van der Waals surface area contributed by atoms with Gasteiger partial charge in [-0.15, -0.1) is 0 Å². The molecular weight excluding hydrogens is 288 g/mol. The average Bonchev–Trinajstić information content (AvgIpc) is 2.62. The average molecular weight is 318 g/mol. The fraction of sp³-hybridized carbons (Fsp3) is 0.895. The second-order valence-electron chi connectivity index (χ2n) is 7.29. The van der Waals surface area contributed by atoms with E-state index < -0.39 is 0 Å². The molecule has 23 heavy (non-hydrogen) atoms. The van der Waals surface area contributed by atoms with Gasteiger partial charge in [-0.25, -0.2) is 14.6 Å². The minimum Gasteiger partial charge on any atom is -0.211 e. The van der Waals surface area contributed by atoms with Crippen LogP contribution in [0.2, 0.25) is 0 Å². The van der Waals surface area contributed by atoms with Crippen LogP contribution in [0.4, 0.5) is 0 Å². The van der Waals surface area contributed by atoms with Crippen molar-refractivity contribution < 1.29 is 9.59 Å². The zero-order valence-corrected chi connectivity index (χ0v) is 14.3. The van der Waals surface area contributed by atoms with Crippen molar-refractivity contribution in [3.63, 3.8) is 0 Å². The summed E-state index contributed by atoms with van der Waals surface area (Å²) in [6, 6.07) is 0. The van der Waals surface area contributed by atoms with Crippen LogP contribution >= 0.6 is 0 Å². The fourth-order valence-corrected chi connectivity index (χ4v) is 4.91. The first-order chi connectivity index (χ1) is 11.3. The van der Waals surface area contributed by atoms with Gasteiger partial charge in [-0.3, -0.25) is 0 Å². The maximum atomic E-state index is 11.3. The molecule has 0 heterocycles. The van der Waals surface area contributed by atoms with Gasteiger partial charge >= 0.3 is 0 Å². The van der Waals surface area contributed by atoms with E-state index in [2.05, 4.69) is 9.98 Å². The van der Waals surface area contributed by atoms with Crippen LogP contribution in [0, 0.1) is 11.8 Å². The van der Waals surface area contributed by atoms with E-state index in [4.69, 9.17) is 0 Å². The number of unbranched alkanes of at least 4 members (excludes halogenated alkanes) is 1. The summed E-state index contributed by atoms with van der Waals surface area (Å²) >= 11 is 0. The van der Waals surface area contributed by atoms with Crippen LogP contribution in [0.5, 0.6) is 0 Å². The maximum absolute atomic E-state index is 11.3. The van der Waals surface area contributed by atoms with E-state index in [1.165, 1.54) is 64.2 Å². The summed E-state index contributed by atoms with van der Waals surface area (Å²) in [5.74, 6) is 1.07. The van der Waals surface area contributed by atoms with Crippen LogP contribution in [0.15, 0.2) is 9.98 Å². The standard InChI is InChI=1S/C19H30N2O2/c22-15-20-14-8-7-13-19(21-16-23,17-9-3-1-4-10-17)18-11-5-2-6-12-18/h17-18H,1-14H2. The third kappa shape index (κ3) is 4.86. The molecule has 0 atom stereocenters. The van der Waals surface area contributed by atoms with Gasteiger partial charge in [-0.2, -0.15) is 4.99 Å². The Kier molecular flexibility index (Phi) is 7.71. The monoisotopic (exact) mass is 318 g/mol. The van der Waals surface area contributed by atoms with E-state index in [0.29, 0.717) is 18.4 Å². The molecule has 0 unspecified atom stereocenters. The van der Waals surface area contributed by atoms with Crippen LogP contribution in [-0.4, -0.2) is 24.2 Å². The summed E-state index contributed by atoms with van der Waals surface area (Å²) in [4.78, 5) is 29.6. The highest BCUT2D eigenvalue weighted by molar-refractivity contribution is 5.35. The van der Waals surface area contributed by atoms with Gasteiger partial charge in [0.2, 0.25) is 12.2 Å². The van der Waals surface area contributed by atoms with E-state index in [0.717, 1.165) is 19.3 Å². The Balaban J connectivity index is 2.14. The highest BCUT2D eigenvalue weighted by Crippen LogP contribution is 2.47. The molecule has 0 bridgehead atoms. The molecule has 2 fully saturated rings. The van der Waals surface area contributed by atoms with Crippen molar-refractivity contribution in [3.05, 3.63) is 0 Å². The number of hydrogen-bond donors (Lipinski definition) is 0. The van der Waals surface area contributed by atoms with Crippen LogP contribution in [0.3, 0.4) is 0 Å². The van der Waals surface area contributed by atoms with Crippen molar-refractivity contribution in [3.8, 4) is 0 Å². The lowest BCUT2D eigenvalue weighted by Crippen LogP contribution is -2.45. The quantitative estimate of drug-likeness (QED) is 0.369. The smallest absolute Gasteiger partial charge is 0.211 e. The molecule has 0 aliphatic heterocycles. The predicted molar refractivity (Wildman–Crippen MR) is 90.8 cm³/mol. The second kappa shape index (κ2) is 9.80. The molecule has 0 amide bonds. The Labute approximate surface area is 139 Å². The Morgan fingerprint density at radius 2 is 1.35 bits per heavy atom. The third-order valence-electron chi connectivity index (χ3n) is 6.04. The van der Waals surface area contributed by atoms with Gasteiger partial charge in [0.1, 0.15) is 0 Å². The first kappa shape index (κ1) is 18.1. The van der Waals surface area contributed by atoms with Gasteiger partial charge < -0.3 is 0 Å². The van der Waals surface area contributed by atoms with Gasteiger partial charge in [0.15, 0.2) is 0 Å². The molecule has 0 saturated heterocycles. The molecule has 0 N–H and O–H groups in total. The lowest BCUT2D eigenvalue weighted by molar-refractivity contribution is 0.0964. The first-order valence-electron chi connectivity index (χ1n) is 9.46. The summed E-state index contributed by atoms with van der Waals surface area (Å²) in [7, 11) is 0. The SMILES string of the molecule is O=C=NCCCCC(N=C=O)(C1CCCCC1)C1CCCCC1. The number of isocyanates is 2. The van der Waals surface area contributed by atoms with Crippen molar-refractivity contribution in [2.75, 3.05) is 6.54 Å². The molecule has 128 valence electrons. The Morgan fingerprint density at radius 3 is 1.83 bits per heavy atom. The van der Waals surface area contributed by atoms with Gasteiger partial charge in [-0.05, 0) is 56.8 Å².